The minimum Gasteiger partial charge on any atom is -0.481 e. The Kier molecular flexibility index (Phi) is 2.02. The molecule has 0 aliphatic heterocycles. The predicted molar refractivity (Wildman–Crippen MR) is 50.6 cm³/mol. The van der Waals surface area contributed by atoms with E-state index in [9.17, 15) is 0 Å². The molecule has 0 aliphatic carbocycles. The second kappa shape index (κ2) is 3.33. The summed E-state index contributed by atoms with van der Waals surface area (Å²) < 4.78 is 4.97. The van der Waals surface area contributed by atoms with Crippen molar-refractivity contribution in [2.24, 2.45) is 0 Å². The molecule has 14 heavy (non-hydrogen) atoms. The number of nitrogens with one attached hydrogen (secondary N) is 1. The number of aromatic amines is 1. The number of nitrogens with zero attached hydrogens (tertiary/aromatic N) is 3. The third kappa shape index (κ3) is 1.49. The Morgan fingerprint density at radius 2 is 2.36 bits per heavy atom. The summed E-state index contributed by atoms with van der Waals surface area (Å²) in [6.45, 7) is 0. The van der Waals surface area contributed by atoms with E-state index in [0.717, 1.165) is 0 Å². The van der Waals surface area contributed by atoms with Gasteiger partial charge in [-0.25, -0.2) is 4.98 Å². The first-order chi connectivity index (χ1) is 6.79. The monoisotopic (exact) mass is 191 g/mol. The first-order valence-electron chi connectivity index (χ1n) is 3.98. The normalized spacial score (nSPS) is 10.1. The highest BCUT2D eigenvalue weighted by Gasteiger charge is 2.05. The van der Waals surface area contributed by atoms with Gasteiger partial charge >= 0.3 is 0 Å². The zero-order chi connectivity index (χ0) is 9.97. The number of nitrogens with two attached hydrogens (primary N) is 1. The maximum atomic E-state index is 5.46. The number of ether oxygens (including phenoxy) is 1. The molecule has 0 aliphatic rings. The van der Waals surface area contributed by atoms with E-state index in [1.54, 1.807) is 25.4 Å². The van der Waals surface area contributed by atoms with Gasteiger partial charge in [-0.3, -0.25) is 5.10 Å². The molecule has 0 aromatic carbocycles. The Bertz CT molecular complexity index is 439. The van der Waals surface area contributed by atoms with Gasteiger partial charge in [-0.1, -0.05) is 0 Å². The SMILES string of the molecule is COc1ccnc(-c2cc(N)n[nH]2)n1. The Balaban J connectivity index is 2.41. The molecule has 0 fully saturated rings. The van der Waals surface area contributed by atoms with E-state index in [1.807, 2.05) is 0 Å². The van der Waals surface area contributed by atoms with E-state index >= 15 is 0 Å². The van der Waals surface area contributed by atoms with E-state index in [-0.39, 0.29) is 0 Å². The van der Waals surface area contributed by atoms with Gasteiger partial charge in [0.1, 0.15) is 11.5 Å². The number of anilines is 1. The predicted octanol–water partition coefficient (Wildman–Crippen LogP) is 0.457. The van der Waals surface area contributed by atoms with Crippen LogP contribution in [-0.2, 0) is 0 Å². The molecular formula is C8H9N5O. The van der Waals surface area contributed by atoms with Crippen molar-refractivity contribution in [3.05, 3.63) is 18.3 Å². The molecule has 0 unspecified atom stereocenters. The van der Waals surface area contributed by atoms with Crippen molar-refractivity contribution in [3.8, 4) is 17.4 Å². The average Bonchev–Trinajstić information content (AvgIpc) is 2.65. The summed E-state index contributed by atoms with van der Waals surface area (Å²) in [5, 5.41) is 6.50. The summed E-state index contributed by atoms with van der Waals surface area (Å²) in [6, 6.07) is 3.33. The number of aromatic nitrogens is 4. The molecule has 0 spiro atoms. The molecule has 72 valence electrons. The van der Waals surface area contributed by atoms with E-state index in [0.29, 0.717) is 23.2 Å². The fourth-order valence-electron chi connectivity index (χ4n) is 1.04. The molecule has 0 saturated carbocycles. The molecule has 0 bridgehead atoms. The van der Waals surface area contributed by atoms with Gasteiger partial charge in [0.05, 0.1) is 7.11 Å². The van der Waals surface area contributed by atoms with Crippen LogP contribution in [0.1, 0.15) is 0 Å². The van der Waals surface area contributed by atoms with Gasteiger partial charge in [0, 0.05) is 18.3 Å². The topological polar surface area (TPSA) is 89.7 Å². The van der Waals surface area contributed by atoms with E-state index in [4.69, 9.17) is 10.5 Å². The Labute approximate surface area is 80.1 Å². The van der Waals surface area contributed by atoms with Crippen LogP contribution in [0.15, 0.2) is 18.3 Å². The highest BCUT2D eigenvalue weighted by Crippen LogP contribution is 2.15. The molecule has 6 heteroatoms. The van der Waals surface area contributed by atoms with Crippen molar-refractivity contribution < 1.29 is 4.74 Å². The number of H-pyrrole nitrogens is 1. The molecular weight excluding hydrogens is 182 g/mol. The number of methoxy groups -OCH3 is 1. The molecule has 6 nitrogen and oxygen atoms in total. The lowest BCUT2D eigenvalue weighted by Crippen LogP contribution is -1.92. The van der Waals surface area contributed by atoms with Crippen molar-refractivity contribution in [2.45, 2.75) is 0 Å². The van der Waals surface area contributed by atoms with Gasteiger partial charge in [0.15, 0.2) is 5.82 Å². The molecule has 2 rings (SSSR count). The van der Waals surface area contributed by atoms with E-state index in [1.165, 1.54) is 0 Å². The standard InChI is InChI=1S/C8H9N5O/c1-14-7-2-3-10-8(11-7)5-4-6(9)13-12-5/h2-4H,1H3,(H3,9,12,13). The molecule has 2 heterocycles. The smallest absolute Gasteiger partial charge is 0.216 e. The summed E-state index contributed by atoms with van der Waals surface area (Å²) in [4.78, 5) is 8.17. The van der Waals surface area contributed by atoms with Gasteiger partial charge in [-0.2, -0.15) is 10.1 Å². The fourth-order valence-corrected chi connectivity index (χ4v) is 1.04. The minimum absolute atomic E-state index is 0.409. The second-order valence-electron chi connectivity index (χ2n) is 2.63. The largest absolute Gasteiger partial charge is 0.481 e. The quantitative estimate of drug-likeness (QED) is 0.719. The fraction of sp³-hybridized carbons (Fsp3) is 0.125. The van der Waals surface area contributed by atoms with Crippen molar-refractivity contribution in [1.82, 2.24) is 20.2 Å². The first kappa shape index (κ1) is 8.49. The van der Waals surface area contributed by atoms with Crippen LogP contribution in [0.4, 0.5) is 5.82 Å². The minimum atomic E-state index is 0.409. The number of hydrogen-bond donors (Lipinski definition) is 2. The van der Waals surface area contributed by atoms with Crippen LogP contribution in [0.25, 0.3) is 11.5 Å². The molecule has 2 aromatic rings. The van der Waals surface area contributed by atoms with Gasteiger partial charge in [-0.15, -0.1) is 0 Å². The summed E-state index contributed by atoms with van der Waals surface area (Å²) in [7, 11) is 1.55. The second-order valence-corrected chi connectivity index (χ2v) is 2.63. The molecule has 0 saturated heterocycles. The summed E-state index contributed by atoms with van der Waals surface area (Å²) >= 11 is 0. The third-order valence-corrected chi connectivity index (χ3v) is 1.68. The van der Waals surface area contributed by atoms with Gasteiger partial charge < -0.3 is 10.5 Å². The number of hydrogen-bond acceptors (Lipinski definition) is 5. The Morgan fingerprint density at radius 3 is 3.00 bits per heavy atom. The zero-order valence-corrected chi connectivity index (χ0v) is 7.56. The van der Waals surface area contributed by atoms with Crippen LogP contribution in [0.5, 0.6) is 5.88 Å². The highest BCUT2D eigenvalue weighted by atomic mass is 16.5. The van der Waals surface area contributed by atoms with E-state index < -0.39 is 0 Å². The third-order valence-electron chi connectivity index (χ3n) is 1.68. The maximum absolute atomic E-state index is 5.46. The number of nitrogen functional groups attached to an aromatic ring is 1. The van der Waals surface area contributed by atoms with Crippen molar-refractivity contribution in [3.63, 3.8) is 0 Å². The van der Waals surface area contributed by atoms with Crippen molar-refractivity contribution in [1.29, 1.82) is 0 Å². The maximum Gasteiger partial charge on any atom is 0.216 e. The zero-order valence-electron chi connectivity index (χ0n) is 7.56. The lowest BCUT2D eigenvalue weighted by Gasteiger charge is -1.99. The first-order valence-corrected chi connectivity index (χ1v) is 3.98. The Morgan fingerprint density at radius 1 is 1.50 bits per heavy atom. The lowest BCUT2D eigenvalue weighted by molar-refractivity contribution is 0.397. The van der Waals surface area contributed by atoms with Crippen LogP contribution in [0, 0.1) is 0 Å². The van der Waals surface area contributed by atoms with Crippen molar-refractivity contribution >= 4 is 5.82 Å². The summed E-state index contributed by atoms with van der Waals surface area (Å²) in [6.07, 6.45) is 1.61. The van der Waals surface area contributed by atoms with Crippen LogP contribution in [0.3, 0.4) is 0 Å². The molecule has 2 aromatic heterocycles. The van der Waals surface area contributed by atoms with Crippen LogP contribution < -0.4 is 10.5 Å². The lowest BCUT2D eigenvalue weighted by atomic mass is 10.4. The summed E-state index contributed by atoms with van der Waals surface area (Å²) in [5.41, 5.74) is 6.13. The van der Waals surface area contributed by atoms with E-state index in [2.05, 4.69) is 20.2 Å². The van der Waals surface area contributed by atoms with Crippen molar-refractivity contribution in [2.75, 3.05) is 12.8 Å². The van der Waals surface area contributed by atoms with Gasteiger partial charge in [0.25, 0.3) is 0 Å². The van der Waals surface area contributed by atoms with Gasteiger partial charge in [-0.05, 0) is 0 Å². The van der Waals surface area contributed by atoms with Crippen LogP contribution >= 0.6 is 0 Å². The molecule has 0 amide bonds. The summed E-state index contributed by atoms with van der Waals surface area (Å²) in [5.74, 6) is 1.42. The highest BCUT2D eigenvalue weighted by molar-refractivity contribution is 5.53. The van der Waals surface area contributed by atoms with Crippen LogP contribution in [0.2, 0.25) is 0 Å². The molecule has 0 atom stereocenters. The van der Waals surface area contributed by atoms with Gasteiger partial charge in [0.2, 0.25) is 5.88 Å². The molecule has 3 N–H and O–H groups in total. The average molecular weight is 191 g/mol. The van der Waals surface area contributed by atoms with Crippen LogP contribution in [-0.4, -0.2) is 27.3 Å². The molecule has 0 radical (unpaired) electrons. The number of rotatable bonds is 2. The Hall–Kier alpha value is -2.11.